The summed E-state index contributed by atoms with van der Waals surface area (Å²) in [6.07, 6.45) is 61.8. The molecule has 0 saturated carbocycles. The molecule has 1 amide bonds. The van der Waals surface area contributed by atoms with Crippen LogP contribution in [0.15, 0.2) is 109 Å². The second-order valence-electron chi connectivity index (χ2n) is 16.8. The molecule has 61 heavy (non-hydrogen) atoms. The fraction of sp³-hybridized carbons (Fsp3) is 0.635. The second-order valence-corrected chi connectivity index (χ2v) is 18.2. The maximum absolute atomic E-state index is 12.8. The van der Waals surface area contributed by atoms with Gasteiger partial charge in [-0.25, -0.2) is 4.57 Å². The fourth-order valence-electron chi connectivity index (χ4n) is 6.00. The maximum atomic E-state index is 12.8. The van der Waals surface area contributed by atoms with Gasteiger partial charge in [0.2, 0.25) is 5.91 Å². The van der Waals surface area contributed by atoms with E-state index in [1.54, 1.807) is 6.08 Å². The van der Waals surface area contributed by atoms with Crippen LogP contribution in [0.25, 0.3) is 0 Å². The number of carbonyl (C=O) groups is 1. The first-order valence-electron chi connectivity index (χ1n) is 23.8. The van der Waals surface area contributed by atoms with Gasteiger partial charge in [-0.05, 0) is 83.5 Å². The molecule has 0 bridgehead atoms. The van der Waals surface area contributed by atoms with Gasteiger partial charge in [0.1, 0.15) is 13.2 Å². The van der Waals surface area contributed by atoms with Crippen molar-refractivity contribution in [3.8, 4) is 0 Å². The first kappa shape index (κ1) is 58.2. The molecule has 0 aromatic heterocycles. The van der Waals surface area contributed by atoms with E-state index < -0.39 is 20.0 Å². The van der Waals surface area contributed by atoms with Gasteiger partial charge in [0.15, 0.2) is 0 Å². The number of nitrogens with zero attached hydrogens (tertiary/aromatic N) is 1. The fourth-order valence-corrected chi connectivity index (χ4v) is 6.73. The van der Waals surface area contributed by atoms with Gasteiger partial charge in [-0.15, -0.1) is 0 Å². The van der Waals surface area contributed by atoms with E-state index in [4.69, 9.17) is 9.05 Å². The van der Waals surface area contributed by atoms with Crippen molar-refractivity contribution in [2.75, 3.05) is 40.9 Å². The number of carbonyl (C=O) groups excluding carboxylic acids is 1. The predicted octanol–water partition coefficient (Wildman–Crippen LogP) is 13.7. The minimum Gasteiger partial charge on any atom is -0.387 e. The third-order valence-electron chi connectivity index (χ3n) is 9.75. The number of likely N-dealkylation sites (N-methyl/N-ethyl adjacent to an activating group) is 1. The quantitative estimate of drug-likeness (QED) is 0.0245. The Hall–Kier alpha value is -2.84. The summed E-state index contributed by atoms with van der Waals surface area (Å²) in [4.78, 5) is 23.1. The molecule has 0 spiro atoms. The number of hydrogen-bond donors (Lipinski definition) is 3. The van der Waals surface area contributed by atoms with Gasteiger partial charge in [-0.3, -0.25) is 13.8 Å². The summed E-state index contributed by atoms with van der Waals surface area (Å²) in [6.45, 7) is 4.61. The van der Waals surface area contributed by atoms with Crippen molar-refractivity contribution in [2.45, 2.75) is 174 Å². The normalized spacial score (nSPS) is 15.2. The van der Waals surface area contributed by atoms with Crippen LogP contribution in [0, 0.1) is 0 Å². The van der Waals surface area contributed by atoms with Gasteiger partial charge < -0.3 is 19.8 Å². The minimum absolute atomic E-state index is 0.0517. The Morgan fingerprint density at radius 3 is 1.44 bits per heavy atom. The molecular formula is C52H90N2O6P+. The lowest BCUT2D eigenvalue weighted by Crippen LogP contribution is -2.45. The summed E-state index contributed by atoms with van der Waals surface area (Å²) in [5, 5.41) is 13.7. The summed E-state index contributed by atoms with van der Waals surface area (Å²) < 4.78 is 23.5. The van der Waals surface area contributed by atoms with Crippen molar-refractivity contribution in [1.82, 2.24) is 5.32 Å². The summed E-state index contributed by atoms with van der Waals surface area (Å²) in [7, 11) is 1.54. The third kappa shape index (κ3) is 45.0. The first-order valence-corrected chi connectivity index (χ1v) is 25.3. The van der Waals surface area contributed by atoms with Crippen LogP contribution in [-0.2, 0) is 18.4 Å². The van der Waals surface area contributed by atoms with E-state index >= 15 is 0 Å². The van der Waals surface area contributed by atoms with Crippen LogP contribution < -0.4 is 5.32 Å². The zero-order valence-electron chi connectivity index (χ0n) is 39.4. The molecule has 0 aromatic carbocycles. The molecule has 0 radical (unpaired) electrons. The van der Waals surface area contributed by atoms with Crippen LogP contribution in [0.5, 0.6) is 0 Å². The topological polar surface area (TPSA) is 105 Å². The molecule has 3 unspecified atom stereocenters. The monoisotopic (exact) mass is 870 g/mol. The zero-order chi connectivity index (χ0) is 45.0. The minimum atomic E-state index is -4.34. The number of aliphatic hydroxyl groups is 1. The molecule has 9 heteroatoms. The average molecular weight is 870 g/mol. The summed E-state index contributed by atoms with van der Waals surface area (Å²) in [6, 6.07) is -0.859. The largest absolute Gasteiger partial charge is 0.472 e. The molecule has 0 saturated heterocycles. The zero-order valence-corrected chi connectivity index (χ0v) is 40.2. The number of quaternary nitrogens is 1. The Bertz CT molecular complexity index is 1350. The standard InChI is InChI=1S/C52H89N2O6P/c1-6-8-10-12-14-16-17-18-19-20-21-22-23-24-25-26-27-28-29-30-31-32-33-34-35-36-37-38-40-42-44-46-52(56)53-50(49-60-61(57,58)59-48-47-54(3,4)5)51(55)45-43-41-39-15-13-11-9-7-2/h8,10,14,16,18-19,21-22,24-25,27-28,30-31,33-34,43,45,50-51,55H,6-7,9,11-13,15,17,20,23,26,29,32,35-42,44,46-49H2,1-5H3,(H-,53,56,57,58)/p+1/b10-8-,16-14-,19-18-,22-21-,25-24-,28-27-,31-30-,34-33-,45-43+. The van der Waals surface area contributed by atoms with Crippen molar-refractivity contribution < 1.29 is 32.9 Å². The molecule has 0 aliphatic carbocycles. The van der Waals surface area contributed by atoms with Crippen LogP contribution in [-0.4, -0.2) is 73.4 Å². The highest BCUT2D eigenvalue weighted by atomic mass is 31.2. The molecular weight excluding hydrogens is 780 g/mol. The summed E-state index contributed by atoms with van der Waals surface area (Å²) in [5.41, 5.74) is 0. The SMILES string of the molecule is CC/C=C\C/C=C\C/C=C\C/C=C\C/C=C\C/C=C\C/C=C\C/C=C\CCCCCCCCC(=O)NC(COP(=O)(O)OCC[N+](C)(C)C)C(O)/C=C/CCCCCCCC. The highest BCUT2D eigenvalue weighted by Crippen LogP contribution is 2.43. The van der Waals surface area contributed by atoms with Gasteiger partial charge >= 0.3 is 7.82 Å². The van der Waals surface area contributed by atoms with E-state index in [2.05, 4.69) is 116 Å². The number of allylic oxidation sites excluding steroid dienone is 17. The van der Waals surface area contributed by atoms with E-state index in [1.165, 1.54) is 38.5 Å². The molecule has 8 nitrogen and oxygen atoms in total. The van der Waals surface area contributed by atoms with Crippen molar-refractivity contribution in [3.63, 3.8) is 0 Å². The van der Waals surface area contributed by atoms with E-state index in [0.717, 1.165) is 103 Å². The summed E-state index contributed by atoms with van der Waals surface area (Å²) in [5.74, 6) is -0.202. The highest BCUT2D eigenvalue weighted by molar-refractivity contribution is 7.47. The molecule has 0 rings (SSSR count). The molecule has 0 fully saturated rings. The van der Waals surface area contributed by atoms with E-state index in [-0.39, 0.29) is 19.1 Å². The lowest BCUT2D eigenvalue weighted by Gasteiger charge is -2.25. The number of aliphatic hydroxyl groups excluding tert-OH is 1. The maximum Gasteiger partial charge on any atom is 0.472 e. The Kier molecular flexibility index (Phi) is 40.5. The Labute approximate surface area is 374 Å². The third-order valence-corrected chi connectivity index (χ3v) is 10.7. The van der Waals surface area contributed by atoms with E-state index in [1.807, 2.05) is 27.2 Å². The molecule has 0 aliphatic rings. The van der Waals surface area contributed by atoms with Gasteiger partial charge in [-0.2, -0.15) is 0 Å². The van der Waals surface area contributed by atoms with Crippen molar-refractivity contribution in [1.29, 1.82) is 0 Å². The van der Waals surface area contributed by atoms with Crippen LogP contribution in [0.4, 0.5) is 0 Å². The Morgan fingerprint density at radius 1 is 0.574 bits per heavy atom. The number of phosphoric acid groups is 1. The number of amides is 1. The number of hydrogen-bond acceptors (Lipinski definition) is 5. The molecule has 0 aromatic rings. The van der Waals surface area contributed by atoms with E-state index in [0.29, 0.717) is 17.4 Å². The van der Waals surface area contributed by atoms with Gasteiger partial charge in [0.25, 0.3) is 0 Å². The highest BCUT2D eigenvalue weighted by Gasteiger charge is 2.27. The van der Waals surface area contributed by atoms with Crippen molar-refractivity contribution >= 4 is 13.7 Å². The molecule has 0 heterocycles. The smallest absolute Gasteiger partial charge is 0.387 e. The van der Waals surface area contributed by atoms with Crippen LogP contribution >= 0.6 is 7.82 Å². The van der Waals surface area contributed by atoms with Crippen molar-refractivity contribution in [2.24, 2.45) is 0 Å². The van der Waals surface area contributed by atoms with Gasteiger partial charge in [-0.1, -0.05) is 181 Å². The Balaban J connectivity index is 4.20. The molecule has 3 atom stereocenters. The van der Waals surface area contributed by atoms with Crippen LogP contribution in [0.2, 0.25) is 0 Å². The average Bonchev–Trinajstić information content (AvgIpc) is 3.21. The lowest BCUT2D eigenvalue weighted by molar-refractivity contribution is -0.870. The van der Waals surface area contributed by atoms with Crippen LogP contribution in [0.1, 0.15) is 162 Å². The molecule has 3 N–H and O–H groups in total. The first-order chi connectivity index (χ1) is 29.5. The number of unbranched alkanes of at least 4 members (excludes halogenated alkanes) is 12. The number of rotatable bonds is 41. The van der Waals surface area contributed by atoms with Crippen molar-refractivity contribution in [3.05, 3.63) is 109 Å². The van der Waals surface area contributed by atoms with E-state index in [9.17, 15) is 19.4 Å². The Morgan fingerprint density at radius 2 is 0.984 bits per heavy atom. The van der Waals surface area contributed by atoms with Gasteiger partial charge in [0, 0.05) is 6.42 Å². The predicted molar refractivity (Wildman–Crippen MR) is 262 cm³/mol. The molecule has 0 aliphatic heterocycles. The summed E-state index contributed by atoms with van der Waals surface area (Å²) >= 11 is 0. The van der Waals surface area contributed by atoms with Crippen LogP contribution in [0.3, 0.4) is 0 Å². The van der Waals surface area contributed by atoms with Gasteiger partial charge in [0.05, 0.1) is 39.9 Å². The molecule has 348 valence electrons. The lowest BCUT2D eigenvalue weighted by atomic mass is 10.1. The number of nitrogens with one attached hydrogen (secondary N) is 1. The number of phosphoric ester groups is 1. The second kappa shape index (κ2) is 42.5.